The van der Waals surface area contributed by atoms with Crippen molar-refractivity contribution in [1.82, 2.24) is 9.80 Å². The van der Waals surface area contributed by atoms with Crippen LogP contribution in [0.5, 0.6) is 0 Å². The fourth-order valence-electron chi connectivity index (χ4n) is 2.51. The molecule has 0 aliphatic carbocycles. The quantitative estimate of drug-likeness (QED) is 0.754. The van der Waals surface area contributed by atoms with Gasteiger partial charge in [-0.15, -0.1) is 0 Å². The lowest BCUT2D eigenvalue weighted by molar-refractivity contribution is -0.142. The van der Waals surface area contributed by atoms with Gasteiger partial charge in [0.1, 0.15) is 5.54 Å². The Morgan fingerprint density at radius 3 is 2.78 bits per heavy atom. The summed E-state index contributed by atoms with van der Waals surface area (Å²) >= 11 is 0. The Hall–Kier alpha value is -0.650. The molecular formula is C13H27N3O2. The topological polar surface area (TPSA) is 69.8 Å². The highest BCUT2D eigenvalue weighted by Crippen LogP contribution is 2.13. The number of carbonyl (C=O) groups is 1. The normalized spacial score (nSPS) is 26.6. The first-order valence-electron chi connectivity index (χ1n) is 6.78. The lowest BCUT2D eigenvalue weighted by Crippen LogP contribution is -2.46. The van der Waals surface area contributed by atoms with Gasteiger partial charge in [0.05, 0.1) is 0 Å². The molecule has 5 nitrogen and oxygen atoms in total. The number of nitrogens with two attached hydrogens (primary N) is 1. The minimum atomic E-state index is -1.09. The summed E-state index contributed by atoms with van der Waals surface area (Å²) in [5.41, 5.74) is 4.65. The van der Waals surface area contributed by atoms with Crippen LogP contribution in [0.1, 0.15) is 33.1 Å². The first-order chi connectivity index (χ1) is 8.33. The molecular weight excluding hydrogens is 230 g/mol. The highest BCUT2D eigenvalue weighted by Gasteiger charge is 2.28. The smallest absolute Gasteiger partial charge is 0.323 e. The van der Waals surface area contributed by atoms with E-state index in [0.717, 1.165) is 32.6 Å². The zero-order valence-electron chi connectivity index (χ0n) is 11.9. The van der Waals surface area contributed by atoms with Gasteiger partial charge in [-0.1, -0.05) is 0 Å². The number of likely N-dealkylation sites (N-methyl/N-ethyl adjacent to an activating group) is 1. The monoisotopic (exact) mass is 257 g/mol. The summed E-state index contributed by atoms with van der Waals surface area (Å²) in [4.78, 5) is 15.7. The molecule has 1 aliphatic heterocycles. The third-order valence-electron chi connectivity index (χ3n) is 3.81. The molecule has 5 heteroatoms. The van der Waals surface area contributed by atoms with Crippen molar-refractivity contribution >= 4 is 5.97 Å². The van der Waals surface area contributed by atoms with Crippen molar-refractivity contribution in [2.45, 2.75) is 44.7 Å². The fourth-order valence-corrected chi connectivity index (χ4v) is 2.51. The van der Waals surface area contributed by atoms with E-state index in [1.165, 1.54) is 6.42 Å². The van der Waals surface area contributed by atoms with Crippen molar-refractivity contribution < 1.29 is 9.90 Å². The zero-order chi connectivity index (χ0) is 13.8. The van der Waals surface area contributed by atoms with Crippen LogP contribution in [0.3, 0.4) is 0 Å². The molecule has 2 unspecified atom stereocenters. The van der Waals surface area contributed by atoms with Crippen LogP contribution >= 0.6 is 0 Å². The second-order valence-corrected chi connectivity index (χ2v) is 5.83. The predicted octanol–water partition coefficient (Wildman–Crippen LogP) is 0.595. The van der Waals surface area contributed by atoms with Crippen LogP contribution in [0.15, 0.2) is 0 Å². The molecule has 18 heavy (non-hydrogen) atoms. The van der Waals surface area contributed by atoms with Crippen molar-refractivity contribution in [3.63, 3.8) is 0 Å². The predicted molar refractivity (Wildman–Crippen MR) is 72.6 cm³/mol. The molecule has 0 amide bonds. The van der Waals surface area contributed by atoms with Crippen molar-refractivity contribution in [2.24, 2.45) is 5.73 Å². The standard InChI is InChI=1S/C13H27N3O2/c1-11-10-15(3)7-5-9-16(11)8-4-6-13(2,14)12(17)18/h11H,4-10,14H2,1-3H3,(H,17,18). The van der Waals surface area contributed by atoms with E-state index in [1.807, 2.05) is 0 Å². The molecule has 0 bridgehead atoms. The van der Waals surface area contributed by atoms with E-state index < -0.39 is 11.5 Å². The third kappa shape index (κ3) is 4.55. The molecule has 3 N–H and O–H groups in total. The van der Waals surface area contributed by atoms with Crippen LogP contribution in [0.2, 0.25) is 0 Å². The molecule has 2 atom stereocenters. The third-order valence-corrected chi connectivity index (χ3v) is 3.81. The maximum absolute atomic E-state index is 10.9. The number of carboxylic acids is 1. The Kier molecular flexibility index (Phi) is 5.56. The van der Waals surface area contributed by atoms with Crippen LogP contribution in [-0.4, -0.2) is 65.7 Å². The summed E-state index contributed by atoms with van der Waals surface area (Å²) in [6, 6.07) is 0.534. The summed E-state index contributed by atoms with van der Waals surface area (Å²) in [5.74, 6) is -0.911. The molecule has 0 saturated carbocycles. The molecule has 1 rings (SSSR count). The van der Waals surface area contributed by atoms with Crippen LogP contribution < -0.4 is 5.73 Å². The van der Waals surface area contributed by atoms with Gasteiger partial charge in [-0.2, -0.15) is 0 Å². The SMILES string of the molecule is CC1CN(C)CCCN1CCCC(C)(N)C(=O)O. The zero-order valence-corrected chi connectivity index (χ0v) is 11.9. The number of carboxylic acid groups (broad SMARTS) is 1. The Balaban J connectivity index is 2.36. The summed E-state index contributed by atoms with van der Waals surface area (Å²) in [6.45, 7) is 8.09. The van der Waals surface area contributed by atoms with E-state index in [1.54, 1.807) is 6.92 Å². The van der Waals surface area contributed by atoms with Crippen LogP contribution in [-0.2, 0) is 4.79 Å². The lowest BCUT2D eigenvalue weighted by atomic mass is 9.97. The summed E-state index contributed by atoms with van der Waals surface area (Å²) in [7, 11) is 2.15. The number of hydrogen-bond acceptors (Lipinski definition) is 4. The molecule has 0 spiro atoms. The summed E-state index contributed by atoms with van der Waals surface area (Å²) in [5, 5.41) is 8.96. The minimum Gasteiger partial charge on any atom is -0.480 e. The fraction of sp³-hybridized carbons (Fsp3) is 0.923. The van der Waals surface area contributed by atoms with E-state index in [2.05, 4.69) is 23.8 Å². The number of aliphatic carboxylic acids is 1. The number of nitrogens with zero attached hydrogens (tertiary/aromatic N) is 2. The minimum absolute atomic E-state index is 0.529. The molecule has 0 aromatic heterocycles. The average Bonchev–Trinajstić information content (AvgIpc) is 2.40. The van der Waals surface area contributed by atoms with Crippen molar-refractivity contribution in [3.05, 3.63) is 0 Å². The van der Waals surface area contributed by atoms with Gasteiger partial charge in [0.15, 0.2) is 0 Å². The lowest BCUT2D eigenvalue weighted by Gasteiger charge is -2.29. The summed E-state index contributed by atoms with van der Waals surface area (Å²) < 4.78 is 0. The van der Waals surface area contributed by atoms with E-state index in [4.69, 9.17) is 10.8 Å². The van der Waals surface area contributed by atoms with E-state index in [0.29, 0.717) is 12.5 Å². The second kappa shape index (κ2) is 6.50. The Morgan fingerprint density at radius 1 is 1.50 bits per heavy atom. The Labute approximate surface area is 110 Å². The van der Waals surface area contributed by atoms with Gasteiger partial charge in [0.25, 0.3) is 0 Å². The van der Waals surface area contributed by atoms with Crippen molar-refractivity contribution in [2.75, 3.05) is 33.2 Å². The molecule has 0 aromatic rings. The van der Waals surface area contributed by atoms with Gasteiger partial charge >= 0.3 is 5.97 Å². The molecule has 1 fully saturated rings. The highest BCUT2D eigenvalue weighted by atomic mass is 16.4. The van der Waals surface area contributed by atoms with Gasteiger partial charge < -0.3 is 15.7 Å². The molecule has 1 aliphatic rings. The molecule has 106 valence electrons. The number of rotatable bonds is 5. The molecule has 1 saturated heterocycles. The van der Waals surface area contributed by atoms with E-state index >= 15 is 0 Å². The maximum Gasteiger partial charge on any atom is 0.323 e. The van der Waals surface area contributed by atoms with Gasteiger partial charge in [-0.05, 0) is 59.8 Å². The van der Waals surface area contributed by atoms with E-state index in [-0.39, 0.29) is 0 Å². The first-order valence-corrected chi connectivity index (χ1v) is 6.78. The van der Waals surface area contributed by atoms with Crippen LogP contribution in [0, 0.1) is 0 Å². The van der Waals surface area contributed by atoms with Crippen molar-refractivity contribution in [1.29, 1.82) is 0 Å². The second-order valence-electron chi connectivity index (χ2n) is 5.83. The molecule has 1 heterocycles. The van der Waals surface area contributed by atoms with Crippen LogP contribution in [0.4, 0.5) is 0 Å². The van der Waals surface area contributed by atoms with Gasteiger partial charge in [0, 0.05) is 12.6 Å². The van der Waals surface area contributed by atoms with Crippen LogP contribution in [0.25, 0.3) is 0 Å². The van der Waals surface area contributed by atoms with Gasteiger partial charge in [-0.25, -0.2) is 0 Å². The maximum atomic E-state index is 10.9. The Morgan fingerprint density at radius 2 is 2.17 bits per heavy atom. The summed E-state index contributed by atoms with van der Waals surface area (Å²) in [6.07, 6.45) is 2.55. The number of hydrogen-bond donors (Lipinski definition) is 2. The first kappa shape index (κ1) is 15.4. The Bertz CT molecular complexity index is 281. The molecule has 0 radical (unpaired) electrons. The van der Waals surface area contributed by atoms with Crippen molar-refractivity contribution in [3.8, 4) is 0 Å². The molecule has 0 aromatic carbocycles. The van der Waals surface area contributed by atoms with E-state index in [9.17, 15) is 4.79 Å². The largest absolute Gasteiger partial charge is 0.480 e. The van der Waals surface area contributed by atoms with Gasteiger partial charge in [-0.3, -0.25) is 9.69 Å². The van der Waals surface area contributed by atoms with Gasteiger partial charge in [0.2, 0.25) is 0 Å². The average molecular weight is 257 g/mol. The highest BCUT2D eigenvalue weighted by molar-refractivity contribution is 5.77.